The average Bonchev–Trinajstić information content (AvgIpc) is 2.84. The number of aromatic carboxylic acids is 1. The van der Waals surface area contributed by atoms with Gasteiger partial charge in [0.15, 0.2) is 0 Å². The Balaban J connectivity index is 1.47. The van der Waals surface area contributed by atoms with E-state index in [1.165, 1.54) is 19.2 Å². The fourth-order valence-corrected chi connectivity index (χ4v) is 3.33. The van der Waals surface area contributed by atoms with Crippen LogP contribution in [0.25, 0.3) is 0 Å². The number of nitrogens with one attached hydrogen (secondary N) is 4. The molecule has 0 unspecified atom stereocenters. The first-order chi connectivity index (χ1) is 16.9. The normalized spacial score (nSPS) is 10.2. The molecular weight excluding hydrogens is 448 g/mol. The molecule has 0 saturated carbocycles. The SMILES string of the molecule is COc1cc(CC(=O)NCCNc2ccc(C(=O)O)cc2)ccc1NC(=O)Nc1ccccc1C. The molecule has 0 aliphatic heterocycles. The molecule has 0 radical (unpaired) electrons. The zero-order valence-corrected chi connectivity index (χ0v) is 19.6. The molecule has 0 fully saturated rings. The first-order valence-electron chi connectivity index (χ1n) is 11.0. The van der Waals surface area contributed by atoms with E-state index in [1.54, 1.807) is 30.3 Å². The maximum atomic E-state index is 12.4. The molecule has 0 spiro atoms. The molecule has 9 nitrogen and oxygen atoms in total. The number of amides is 3. The van der Waals surface area contributed by atoms with E-state index in [1.807, 2.05) is 31.2 Å². The fourth-order valence-electron chi connectivity index (χ4n) is 3.33. The lowest BCUT2D eigenvalue weighted by atomic mass is 10.1. The maximum Gasteiger partial charge on any atom is 0.335 e. The monoisotopic (exact) mass is 476 g/mol. The van der Waals surface area contributed by atoms with Gasteiger partial charge in [-0.25, -0.2) is 9.59 Å². The highest BCUT2D eigenvalue weighted by Crippen LogP contribution is 2.26. The number of aryl methyl sites for hydroxylation is 1. The van der Waals surface area contributed by atoms with Crippen LogP contribution in [0.1, 0.15) is 21.5 Å². The van der Waals surface area contributed by atoms with Crippen molar-refractivity contribution in [2.45, 2.75) is 13.3 Å². The van der Waals surface area contributed by atoms with E-state index < -0.39 is 12.0 Å². The second-order valence-electron chi connectivity index (χ2n) is 7.76. The standard InChI is InChI=1S/C26H28N4O5/c1-17-5-3-4-6-21(17)29-26(34)30-22-12-7-18(15-23(22)35-2)16-24(31)28-14-13-27-20-10-8-19(9-11-20)25(32)33/h3-12,15,27H,13-14,16H2,1-2H3,(H,28,31)(H,32,33)(H2,29,30,34). The number of ether oxygens (including phenoxy) is 1. The van der Waals surface area contributed by atoms with Gasteiger partial charge in [0, 0.05) is 24.5 Å². The summed E-state index contributed by atoms with van der Waals surface area (Å²) in [7, 11) is 1.50. The van der Waals surface area contributed by atoms with Gasteiger partial charge >= 0.3 is 12.0 Å². The summed E-state index contributed by atoms with van der Waals surface area (Å²) < 4.78 is 5.39. The molecule has 0 aliphatic rings. The number of methoxy groups -OCH3 is 1. The Labute approximate surface area is 203 Å². The number of anilines is 3. The van der Waals surface area contributed by atoms with Gasteiger partial charge in [0.2, 0.25) is 5.91 Å². The molecule has 0 aromatic heterocycles. The number of hydrogen-bond donors (Lipinski definition) is 5. The summed E-state index contributed by atoms with van der Waals surface area (Å²) in [6, 6.07) is 18.6. The molecule has 3 aromatic carbocycles. The number of benzene rings is 3. The van der Waals surface area contributed by atoms with Crippen molar-refractivity contribution in [2.24, 2.45) is 0 Å². The van der Waals surface area contributed by atoms with Gasteiger partial charge in [-0.3, -0.25) is 4.79 Å². The maximum absolute atomic E-state index is 12.4. The van der Waals surface area contributed by atoms with Crippen molar-refractivity contribution >= 4 is 35.0 Å². The van der Waals surface area contributed by atoms with Gasteiger partial charge < -0.3 is 31.1 Å². The second-order valence-corrected chi connectivity index (χ2v) is 7.76. The quantitative estimate of drug-likeness (QED) is 0.280. The van der Waals surface area contributed by atoms with Gasteiger partial charge in [0.1, 0.15) is 5.75 Å². The van der Waals surface area contributed by atoms with Gasteiger partial charge in [-0.2, -0.15) is 0 Å². The van der Waals surface area contributed by atoms with Gasteiger partial charge in [-0.05, 0) is 60.5 Å². The number of hydrogen-bond acceptors (Lipinski definition) is 5. The summed E-state index contributed by atoms with van der Waals surface area (Å²) in [6.07, 6.45) is 0.152. The molecule has 35 heavy (non-hydrogen) atoms. The van der Waals surface area contributed by atoms with Crippen molar-refractivity contribution in [3.05, 3.63) is 83.4 Å². The minimum Gasteiger partial charge on any atom is -0.495 e. The Kier molecular flexibility index (Phi) is 8.66. The molecule has 0 bridgehead atoms. The van der Waals surface area contributed by atoms with Crippen LogP contribution in [0.4, 0.5) is 21.9 Å². The molecule has 5 N–H and O–H groups in total. The van der Waals surface area contributed by atoms with Gasteiger partial charge in [-0.15, -0.1) is 0 Å². The molecule has 0 heterocycles. The van der Waals surface area contributed by atoms with Crippen molar-refractivity contribution in [3.63, 3.8) is 0 Å². The lowest BCUT2D eigenvalue weighted by molar-refractivity contribution is -0.120. The highest BCUT2D eigenvalue weighted by atomic mass is 16.5. The third-order valence-corrected chi connectivity index (χ3v) is 5.18. The predicted octanol–water partition coefficient (Wildman–Crippen LogP) is 4.12. The molecule has 3 aromatic rings. The minimum atomic E-state index is -0.977. The van der Waals surface area contributed by atoms with Crippen molar-refractivity contribution in [1.82, 2.24) is 5.32 Å². The predicted molar refractivity (Wildman–Crippen MR) is 135 cm³/mol. The summed E-state index contributed by atoms with van der Waals surface area (Å²) in [5.74, 6) is -0.690. The van der Waals surface area contributed by atoms with E-state index in [4.69, 9.17) is 9.84 Å². The highest BCUT2D eigenvalue weighted by Gasteiger charge is 2.11. The lowest BCUT2D eigenvalue weighted by Crippen LogP contribution is -2.30. The Morgan fingerprint density at radius 3 is 2.29 bits per heavy atom. The van der Waals surface area contributed by atoms with Crippen molar-refractivity contribution in [1.29, 1.82) is 0 Å². The van der Waals surface area contributed by atoms with Crippen molar-refractivity contribution in [3.8, 4) is 5.75 Å². The molecule has 0 saturated heterocycles. The summed E-state index contributed by atoms with van der Waals surface area (Å²) in [6.45, 7) is 2.79. The van der Waals surface area contributed by atoms with Crippen LogP contribution in [0.5, 0.6) is 5.75 Å². The van der Waals surface area contributed by atoms with E-state index in [9.17, 15) is 14.4 Å². The third kappa shape index (κ3) is 7.50. The van der Waals surface area contributed by atoms with E-state index in [2.05, 4.69) is 21.3 Å². The van der Waals surface area contributed by atoms with Gasteiger partial charge in [0.05, 0.1) is 24.8 Å². The van der Waals surface area contributed by atoms with Crippen LogP contribution in [-0.4, -0.2) is 43.2 Å². The van der Waals surface area contributed by atoms with Crippen molar-refractivity contribution in [2.75, 3.05) is 36.1 Å². The number of para-hydroxylation sites is 1. The van der Waals surface area contributed by atoms with Gasteiger partial charge in [0.25, 0.3) is 0 Å². The summed E-state index contributed by atoms with van der Waals surface area (Å²) in [5, 5.41) is 20.4. The van der Waals surface area contributed by atoms with Crippen molar-refractivity contribution < 1.29 is 24.2 Å². The Hall–Kier alpha value is -4.53. The van der Waals surface area contributed by atoms with Gasteiger partial charge in [-0.1, -0.05) is 24.3 Å². The largest absolute Gasteiger partial charge is 0.495 e. The summed E-state index contributed by atoms with van der Waals surface area (Å²) >= 11 is 0. The topological polar surface area (TPSA) is 129 Å². The Bertz CT molecular complexity index is 1190. The van der Waals surface area contributed by atoms with Crippen LogP contribution < -0.4 is 26.0 Å². The summed E-state index contributed by atoms with van der Waals surface area (Å²) in [5.41, 5.74) is 3.87. The first kappa shape index (κ1) is 25.1. The van der Waals surface area contributed by atoms with E-state index in [-0.39, 0.29) is 17.9 Å². The molecule has 0 atom stereocenters. The molecule has 0 aliphatic carbocycles. The third-order valence-electron chi connectivity index (χ3n) is 5.18. The molecule has 3 amide bonds. The van der Waals surface area contributed by atoms with Crippen LogP contribution in [0.15, 0.2) is 66.7 Å². The Morgan fingerprint density at radius 1 is 0.886 bits per heavy atom. The number of rotatable bonds is 10. The zero-order chi connectivity index (χ0) is 25.2. The number of carboxylic acids is 1. The van der Waals surface area contributed by atoms with E-state index in [0.29, 0.717) is 30.2 Å². The molecule has 9 heteroatoms. The van der Waals surface area contributed by atoms with Crippen LogP contribution in [0.2, 0.25) is 0 Å². The summed E-state index contributed by atoms with van der Waals surface area (Å²) in [4.78, 5) is 35.6. The fraction of sp³-hybridized carbons (Fsp3) is 0.192. The van der Waals surface area contributed by atoms with Crippen LogP contribution in [-0.2, 0) is 11.2 Å². The first-order valence-corrected chi connectivity index (χ1v) is 11.0. The second kappa shape index (κ2) is 12.1. The van der Waals surface area contributed by atoms with Crippen LogP contribution >= 0.6 is 0 Å². The van der Waals surface area contributed by atoms with Crippen LogP contribution in [0, 0.1) is 6.92 Å². The lowest BCUT2D eigenvalue weighted by Gasteiger charge is -2.14. The van der Waals surface area contributed by atoms with Crippen LogP contribution in [0.3, 0.4) is 0 Å². The molecule has 3 rings (SSSR count). The average molecular weight is 477 g/mol. The minimum absolute atomic E-state index is 0.152. The number of urea groups is 1. The molecular formula is C26H28N4O5. The van der Waals surface area contributed by atoms with E-state index >= 15 is 0 Å². The smallest absolute Gasteiger partial charge is 0.335 e. The number of carbonyl (C=O) groups is 3. The zero-order valence-electron chi connectivity index (χ0n) is 19.6. The number of carbonyl (C=O) groups excluding carboxylic acids is 2. The number of carboxylic acid groups (broad SMARTS) is 1. The van der Waals surface area contributed by atoms with E-state index in [0.717, 1.165) is 16.8 Å². The Morgan fingerprint density at radius 2 is 1.60 bits per heavy atom. The molecule has 182 valence electrons. The highest BCUT2D eigenvalue weighted by molar-refractivity contribution is 6.01.